The third kappa shape index (κ3) is 4.35. The van der Waals surface area contributed by atoms with E-state index in [9.17, 15) is 0 Å². The minimum Gasteiger partial charge on any atom is -0.310 e. The van der Waals surface area contributed by atoms with Gasteiger partial charge in [-0.15, -0.1) is 0 Å². The molecule has 10 aromatic carbocycles. The number of hydrogen-bond acceptors (Lipinski definition) is 1. The SMILES string of the molecule is c1ccc(N(c2ccc3c(c2)C2(c4ccccc4-3)c3ccccc3-c3cccc4cccc2c34)c2ccc3c4ccccc4n(-c4cccc5ccccc45)c3c2)cc1. The lowest BCUT2D eigenvalue weighted by Gasteiger charge is -2.40. The van der Waals surface area contributed by atoms with Crippen LogP contribution in [-0.2, 0) is 5.41 Å². The highest BCUT2D eigenvalue weighted by molar-refractivity contribution is 6.12. The largest absolute Gasteiger partial charge is 0.310 e. The predicted molar refractivity (Wildman–Crippen MR) is 247 cm³/mol. The lowest BCUT2D eigenvalue weighted by molar-refractivity contribution is 0.773. The van der Waals surface area contributed by atoms with Crippen molar-refractivity contribution in [3.8, 4) is 27.9 Å². The number of anilines is 3. The Morgan fingerprint density at radius 3 is 1.73 bits per heavy atom. The Morgan fingerprint density at radius 1 is 0.322 bits per heavy atom. The van der Waals surface area contributed by atoms with Crippen LogP contribution < -0.4 is 4.90 Å². The first-order valence-electron chi connectivity index (χ1n) is 20.5. The summed E-state index contributed by atoms with van der Waals surface area (Å²) in [4.78, 5) is 2.45. The zero-order chi connectivity index (χ0) is 38.7. The molecule has 1 aromatic heterocycles. The molecule has 2 nitrogen and oxygen atoms in total. The summed E-state index contributed by atoms with van der Waals surface area (Å²) < 4.78 is 2.46. The van der Waals surface area contributed by atoms with Gasteiger partial charge in [0.15, 0.2) is 0 Å². The quantitative estimate of drug-likeness (QED) is 0.174. The van der Waals surface area contributed by atoms with Crippen molar-refractivity contribution < 1.29 is 0 Å². The molecule has 0 N–H and O–H groups in total. The second-order valence-electron chi connectivity index (χ2n) is 16.0. The fraction of sp³-hybridized carbons (Fsp3) is 0.0175. The lowest BCUT2D eigenvalue weighted by atomic mass is 9.61. The van der Waals surface area contributed by atoms with Gasteiger partial charge >= 0.3 is 0 Å². The van der Waals surface area contributed by atoms with Crippen LogP contribution in [0.5, 0.6) is 0 Å². The molecule has 2 aliphatic rings. The van der Waals surface area contributed by atoms with Crippen LogP contribution in [0.1, 0.15) is 22.3 Å². The van der Waals surface area contributed by atoms with Gasteiger partial charge in [0, 0.05) is 33.2 Å². The highest BCUT2D eigenvalue weighted by atomic mass is 15.1. The summed E-state index contributed by atoms with van der Waals surface area (Å²) in [7, 11) is 0. The maximum Gasteiger partial charge on any atom is 0.0726 e. The molecule has 0 saturated heterocycles. The molecule has 1 atom stereocenters. The lowest BCUT2D eigenvalue weighted by Crippen LogP contribution is -2.32. The molecule has 274 valence electrons. The normalized spacial score (nSPS) is 14.8. The topological polar surface area (TPSA) is 8.17 Å². The van der Waals surface area contributed by atoms with Crippen molar-refractivity contribution in [1.29, 1.82) is 0 Å². The van der Waals surface area contributed by atoms with Crippen molar-refractivity contribution in [3.05, 3.63) is 241 Å². The number of fused-ring (bicyclic) bond motifs is 13. The van der Waals surface area contributed by atoms with Crippen molar-refractivity contribution >= 4 is 60.4 Å². The molecule has 0 aliphatic heterocycles. The zero-order valence-corrected chi connectivity index (χ0v) is 32.2. The molecule has 0 radical (unpaired) electrons. The number of rotatable bonds is 4. The second kappa shape index (κ2) is 12.2. The Hall–Kier alpha value is -7.68. The average molecular weight is 749 g/mol. The molecule has 13 rings (SSSR count). The van der Waals surface area contributed by atoms with Crippen LogP contribution >= 0.6 is 0 Å². The fourth-order valence-corrected chi connectivity index (χ4v) is 10.8. The van der Waals surface area contributed by atoms with Crippen molar-refractivity contribution in [3.63, 3.8) is 0 Å². The molecular formula is C57H36N2. The first-order valence-corrected chi connectivity index (χ1v) is 20.5. The van der Waals surface area contributed by atoms with Gasteiger partial charge in [0.25, 0.3) is 0 Å². The van der Waals surface area contributed by atoms with E-state index >= 15 is 0 Å². The molecular weight excluding hydrogens is 713 g/mol. The van der Waals surface area contributed by atoms with Crippen LogP contribution in [0.25, 0.3) is 71.3 Å². The minimum absolute atomic E-state index is 0.501. The van der Waals surface area contributed by atoms with Gasteiger partial charge in [-0.1, -0.05) is 170 Å². The first kappa shape index (κ1) is 32.4. The second-order valence-corrected chi connectivity index (χ2v) is 16.0. The van der Waals surface area contributed by atoms with Crippen molar-refractivity contribution in [2.45, 2.75) is 5.41 Å². The Morgan fingerprint density at radius 2 is 0.881 bits per heavy atom. The van der Waals surface area contributed by atoms with E-state index in [0.29, 0.717) is 0 Å². The van der Waals surface area contributed by atoms with Crippen LogP contribution in [-0.4, -0.2) is 4.57 Å². The van der Waals surface area contributed by atoms with E-state index in [1.807, 2.05) is 0 Å². The highest BCUT2D eigenvalue weighted by Crippen LogP contribution is 2.62. The molecule has 0 saturated carbocycles. The fourth-order valence-electron chi connectivity index (χ4n) is 10.8. The average Bonchev–Trinajstić information content (AvgIpc) is 3.78. The van der Waals surface area contributed by atoms with E-state index in [-0.39, 0.29) is 0 Å². The van der Waals surface area contributed by atoms with Crippen molar-refractivity contribution in [1.82, 2.24) is 4.57 Å². The predicted octanol–water partition coefficient (Wildman–Crippen LogP) is 14.9. The van der Waals surface area contributed by atoms with E-state index in [4.69, 9.17) is 0 Å². The minimum atomic E-state index is -0.501. The van der Waals surface area contributed by atoms with Gasteiger partial charge < -0.3 is 9.47 Å². The van der Waals surface area contributed by atoms with Crippen LogP contribution in [0.2, 0.25) is 0 Å². The van der Waals surface area contributed by atoms with Gasteiger partial charge in [-0.25, -0.2) is 0 Å². The molecule has 2 aliphatic carbocycles. The first-order chi connectivity index (χ1) is 29.3. The van der Waals surface area contributed by atoms with Gasteiger partial charge in [0.1, 0.15) is 0 Å². The summed E-state index contributed by atoms with van der Waals surface area (Å²) in [6, 6.07) is 81.2. The third-order valence-electron chi connectivity index (χ3n) is 13.2. The number of nitrogens with zero attached hydrogens (tertiary/aromatic N) is 2. The Balaban J connectivity index is 1.10. The van der Waals surface area contributed by atoms with Gasteiger partial charge in [0.05, 0.1) is 22.1 Å². The van der Waals surface area contributed by atoms with E-state index < -0.39 is 5.41 Å². The van der Waals surface area contributed by atoms with Gasteiger partial charge in [-0.05, 0) is 109 Å². The molecule has 2 heteroatoms. The van der Waals surface area contributed by atoms with E-state index in [1.165, 1.54) is 93.5 Å². The molecule has 1 spiro atoms. The van der Waals surface area contributed by atoms with E-state index in [1.54, 1.807) is 0 Å². The summed E-state index contributed by atoms with van der Waals surface area (Å²) >= 11 is 0. The van der Waals surface area contributed by atoms with Crippen LogP contribution in [0.3, 0.4) is 0 Å². The van der Waals surface area contributed by atoms with Gasteiger partial charge in [0.2, 0.25) is 0 Å². The van der Waals surface area contributed by atoms with E-state index in [2.05, 4.69) is 228 Å². The van der Waals surface area contributed by atoms with Crippen LogP contribution in [0.4, 0.5) is 17.1 Å². The maximum atomic E-state index is 2.50. The van der Waals surface area contributed by atoms with E-state index in [0.717, 1.165) is 17.1 Å². The summed E-state index contributed by atoms with van der Waals surface area (Å²) in [6.45, 7) is 0. The summed E-state index contributed by atoms with van der Waals surface area (Å²) in [6.07, 6.45) is 0. The molecule has 1 heterocycles. The maximum absolute atomic E-state index is 2.50. The summed E-state index contributed by atoms with van der Waals surface area (Å²) in [5.74, 6) is 0. The molecule has 0 amide bonds. The highest BCUT2D eigenvalue weighted by Gasteiger charge is 2.50. The van der Waals surface area contributed by atoms with Gasteiger partial charge in [-0.2, -0.15) is 0 Å². The number of benzene rings is 10. The monoisotopic (exact) mass is 748 g/mol. The third-order valence-corrected chi connectivity index (χ3v) is 13.2. The summed E-state index contributed by atoms with van der Waals surface area (Å²) in [5.41, 5.74) is 16.9. The summed E-state index contributed by atoms with van der Waals surface area (Å²) in [5, 5.41) is 7.56. The number of hydrogen-bond donors (Lipinski definition) is 0. The Kier molecular flexibility index (Phi) is 6.68. The Bertz CT molecular complexity index is 3510. The zero-order valence-electron chi connectivity index (χ0n) is 32.2. The van der Waals surface area contributed by atoms with Crippen LogP contribution in [0.15, 0.2) is 218 Å². The molecule has 0 bridgehead atoms. The van der Waals surface area contributed by atoms with Gasteiger partial charge in [-0.3, -0.25) is 0 Å². The molecule has 1 unspecified atom stereocenters. The standard InChI is InChI=1S/C57H36N2/c1-2-19-39(20-3-1)58(41-32-34-47-46-24-8-11-29-54(46)59(55(47)36-41)53-30-14-16-37-15-4-5-21-42(37)53)40-31-33-45-43-22-6-9-26-49(43)57(52(45)35-40)50-27-10-7-23-44(50)48-25-12-17-38-18-13-28-51(57)56(38)48/h1-36H. The molecule has 59 heavy (non-hydrogen) atoms. The van der Waals surface area contributed by atoms with Crippen LogP contribution in [0, 0.1) is 0 Å². The van der Waals surface area contributed by atoms with Crippen molar-refractivity contribution in [2.24, 2.45) is 0 Å². The van der Waals surface area contributed by atoms with Crippen molar-refractivity contribution in [2.75, 3.05) is 4.90 Å². The number of aromatic nitrogens is 1. The smallest absolute Gasteiger partial charge is 0.0726 e. The molecule has 0 fully saturated rings. The Labute approximate surface area is 342 Å². The molecule has 11 aromatic rings. The number of para-hydroxylation sites is 2.